The van der Waals surface area contributed by atoms with E-state index in [2.05, 4.69) is 0 Å². The summed E-state index contributed by atoms with van der Waals surface area (Å²) in [6, 6.07) is 3.45. The van der Waals surface area contributed by atoms with Crippen molar-refractivity contribution in [2.24, 2.45) is 5.73 Å². The molecule has 2 aromatic rings. The van der Waals surface area contributed by atoms with Crippen molar-refractivity contribution in [1.82, 2.24) is 0 Å². The fraction of sp³-hybridized carbons (Fsp3) is 0.200. The maximum Gasteiger partial charge on any atom is 0.177 e. The SMILES string of the molecule is NCCc1cc(Cl)c2ccoc2c1O. The Kier molecular flexibility index (Phi) is 2.35. The molecule has 3 nitrogen and oxygen atoms in total. The van der Waals surface area contributed by atoms with E-state index in [1.807, 2.05) is 0 Å². The van der Waals surface area contributed by atoms with Gasteiger partial charge in [0.05, 0.1) is 11.3 Å². The first-order valence-electron chi connectivity index (χ1n) is 4.31. The molecule has 0 atom stereocenters. The van der Waals surface area contributed by atoms with Crippen LogP contribution in [0.5, 0.6) is 5.75 Å². The zero-order valence-electron chi connectivity index (χ0n) is 7.46. The fourth-order valence-corrected chi connectivity index (χ4v) is 1.75. The van der Waals surface area contributed by atoms with Gasteiger partial charge in [-0.15, -0.1) is 0 Å². The van der Waals surface area contributed by atoms with Crippen LogP contribution in [0.15, 0.2) is 22.8 Å². The van der Waals surface area contributed by atoms with Crippen LogP contribution in [0.1, 0.15) is 5.56 Å². The molecule has 1 aromatic heterocycles. The predicted octanol–water partition coefficient (Wildman–Crippen LogP) is 2.29. The van der Waals surface area contributed by atoms with Crippen LogP contribution < -0.4 is 5.73 Å². The highest BCUT2D eigenvalue weighted by Crippen LogP contribution is 2.35. The second kappa shape index (κ2) is 3.52. The van der Waals surface area contributed by atoms with Gasteiger partial charge < -0.3 is 15.3 Å². The highest BCUT2D eigenvalue weighted by molar-refractivity contribution is 6.35. The third-order valence-electron chi connectivity index (χ3n) is 2.16. The Bertz CT molecular complexity index is 464. The summed E-state index contributed by atoms with van der Waals surface area (Å²) in [5.74, 6) is 0.139. The highest BCUT2D eigenvalue weighted by atomic mass is 35.5. The lowest BCUT2D eigenvalue weighted by Crippen LogP contribution is -2.02. The molecule has 3 N–H and O–H groups in total. The van der Waals surface area contributed by atoms with Crippen LogP contribution in [0.4, 0.5) is 0 Å². The standard InChI is InChI=1S/C10H10ClNO2/c11-8-5-6(1-3-12)9(13)10-7(8)2-4-14-10/h2,4-5,13H,1,3,12H2. The monoisotopic (exact) mass is 211 g/mol. The summed E-state index contributed by atoms with van der Waals surface area (Å²) < 4.78 is 5.14. The van der Waals surface area contributed by atoms with E-state index in [4.69, 9.17) is 21.8 Å². The number of halogens is 1. The third-order valence-corrected chi connectivity index (χ3v) is 2.47. The molecule has 0 aliphatic rings. The van der Waals surface area contributed by atoms with E-state index in [9.17, 15) is 5.11 Å². The zero-order valence-corrected chi connectivity index (χ0v) is 8.21. The van der Waals surface area contributed by atoms with E-state index in [1.165, 1.54) is 6.26 Å². The highest BCUT2D eigenvalue weighted by Gasteiger charge is 2.12. The summed E-state index contributed by atoms with van der Waals surface area (Å²) in [6.45, 7) is 0.468. The second-order valence-electron chi connectivity index (χ2n) is 3.07. The van der Waals surface area contributed by atoms with Gasteiger partial charge in [0.15, 0.2) is 11.3 Å². The molecule has 0 radical (unpaired) electrons. The van der Waals surface area contributed by atoms with Gasteiger partial charge in [0, 0.05) is 10.9 Å². The van der Waals surface area contributed by atoms with E-state index in [1.54, 1.807) is 12.1 Å². The molecule has 0 saturated heterocycles. The summed E-state index contributed by atoms with van der Waals surface area (Å²) in [4.78, 5) is 0. The number of nitrogens with two attached hydrogens (primary N) is 1. The summed E-state index contributed by atoms with van der Waals surface area (Å²) in [6.07, 6.45) is 2.09. The van der Waals surface area contributed by atoms with Gasteiger partial charge >= 0.3 is 0 Å². The van der Waals surface area contributed by atoms with Crippen LogP contribution >= 0.6 is 11.6 Å². The average molecular weight is 212 g/mol. The van der Waals surface area contributed by atoms with E-state index in [-0.39, 0.29) is 5.75 Å². The zero-order chi connectivity index (χ0) is 10.1. The summed E-state index contributed by atoms with van der Waals surface area (Å²) in [5, 5.41) is 11.1. The molecule has 0 bridgehead atoms. The quantitative estimate of drug-likeness (QED) is 0.801. The molecule has 0 saturated carbocycles. The topological polar surface area (TPSA) is 59.4 Å². The van der Waals surface area contributed by atoms with Gasteiger partial charge in [-0.1, -0.05) is 11.6 Å². The number of aromatic hydroxyl groups is 1. The van der Waals surface area contributed by atoms with E-state index < -0.39 is 0 Å². The van der Waals surface area contributed by atoms with Crippen molar-refractivity contribution < 1.29 is 9.52 Å². The number of phenols is 1. The minimum atomic E-state index is 0.139. The maximum absolute atomic E-state index is 9.79. The Labute approximate surface area is 86.1 Å². The number of benzene rings is 1. The van der Waals surface area contributed by atoms with Gasteiger partial charge in [-0.3, -0.25) is 0 Å². The Morgan fingerprint density at radius 2 is 2.29 bits per heavy atom. The predicted molar refractivity (Wildman–Crippen MR) is 55.6 cm³/mol. The summed E-state index contributed by atoms with van der Waals surface area (Å²) >= 11 is 6.00. The van der Waals surface area contributed by atoms with Crippen molar-refractivity contribution in [3.8, 4) is 5.75 Å². The Balaban J connectivity index is 2.68. The normalized spacial score (nSPS) is 11.0. The van der Waals surface area contributed by atoms with Crippen LogP contribution in [0.2, 0.25) is 5.02 Å². The lowest BCUT2D eigenvalue weighted by Gasteiger charge is -2.04. The van der Waals surface area contributed by atoms with Crippen molar-refractivity contribution in [1.29, 1.82) is 0 Å². The smallest absolute Gasteiger partial charge is 0.177 e. The van der Waals surface area contributed by atoms with Gasteiger partial charge in [0.25, 0.3) is 0 Å². The Hall–Kier alpha value is -1.19. The molecular weight excluding hydrogens is 202 g/mol. The first-order chi connectivity index (χ1) is 6.74. The molecular formula is C10H10ClNO2. The molecule has 0 unspecified atom stereocenters. The van der Waals surface area contributed by atoms with Crippen molar-refractivity contribution in [3.63, 3.8) is 0 Å². The number of furan rings is 1. The van der Waals surface area contributed by atoms with Gasteiger partial charge in [-0.25, -0.2) is 0 Å². The molecule has 0 fully saturated rings. The van der Waals surface area contributed by atoms with Crippen molar-refractivity contribution >= 4 is 22.6 Å². The van der Waals surface area contributed by atoms with Crippen molar-refractivity contribution in [2.45, 2.75) is 6.42 Å². The molecule has 1 aromatic carbocycles. The van der Waals surface area contributed by atoms with Crippen molar-refractivity contribution in [2.75, 3.05) is 6.54 Å². The minimum absolute atomic E-state index is 0.139. The van der Waals surface area contributed by atoms with Crippen LogP contribution in [-0.2, 0) is 6.42 Å². The summed E-state index contributed by atoms with van der Waals surface area (Å²) in [5.41, 5.74) is 6.57. The molecule has 0 aliphatic carbocycles. The van der Waals surface area contributed by atoms with Gasteiger partial charge in [-0.05, 0) is 25.1 Å². The molecule has 4 heteroatoms. The van der Waals surface area contributed by atoms with E-state index in [0.717, 1.165) is 10.9 Å². The molecule has 1 heterocycles. The number of hydrogen-bond donors (Lipinski definition) is 2. The van der Waals surface area contributed by atoms with Crippen LogP contribution in [-0.4, -0.2) is 11.7 Å². The van der Waals surface area contributed by atoms with Gasteiger partial charge in [0.1, 0.15) is 0 Å². The van der Waals surface area contributed by atoms with Crippen LogP contribution in [0, 0.1) is 0 Å². The second-order valence-corrected chi connectivity index (χ2v) is 3.48. The third kappa shape index (κ3) is 1.35. The number of hydrogen-bond acceptors (Lipinski definition) is 3. The van der Waals surface area contributed by atoms with E-state index >= 15 is 0 Å². The molecule has 0 aliphatic heterocycles. The minimum Gasteiger partial charge on any atom is -0.504 e. The van der Waals surface area contributed by atoms with Crippen LogP contribution in [0.3, 0.4) is 0 Å². The molecule has 0 amide bonds. The summed E-state index contributed by atoms with van der Waals surface area (Å²) in [7, 11) is 0. The Morgan fingerprint density at radius 3 is 3.00 bits per heavy atom. The lowest BCUT2D eigenvalue weighted by molar-refractivity contribution is 0.458. The molecule has 14 heavy (non-hydrogen) atoms. The first-order valence-corrected chi connectivity index (χ1v) is 4.69. The Morgan fingerprint density at radius 1 is 1.50 bits per heavy atom. The van der Waals surface area contributed by atoms with E-state index in [0.29, 0.717) is 23.6 Å². The van der Waals surface area contributed by atoms with Crippen LogP contribution in [0.25, 0.3) is 11.0 Å². The molecule has 0 spiro atoms. The first kappa shape index (κ1) is 9.37. The fourth-order valence-electron chi connectivity index (χ4n) is 1.47. The van der Waals surface area contributed by atoms with Gasteiger partial charge in [0.2, 0.25) is 0 Å². The lowest BCUT2D eigenvalue weighted by atomic mass is 10.1. The molecule has 74 valence electrons. The van der Waals surface area contributed by atoms with Gasteiger partial charge in [-0.2, -0.15) is 0 Å². The van der Waals surface area contributed by atoms with Crippen molar-refractivity contribution in [3.05, 3.63) is 29.0 Å². The molecule has 2 rings (SSSR count). The largest absolute Gasteiger partial charge is 0.504 e. The number of rotatable bonds is 2. The average Bonchev–Trinajstić information content (AvgIpc) is 2.63. The number of phenolic OH excluding ortho intramolecular Hbond substituents is 1. The maximum atomic E-state index is 9.79. The number of fused-ring (bicyclic) bond motifs is 1.